The quantitative estimate of drug-likeness (QED) is 0.885. The first-order valence-electron chi connectivity index (χ1n) is 8.03. The molecule has 0 atom stereocenters. The van der Waals surface area contributed by atoms with Crippen LogP contribution in [0.1, 0.15) is 31.2 Å². The fourth-order valence-corrected chi connectivity index (χ4v) is 3.91. The largest absolute Gasteiger partial charge is 0.351 e. The summed E-state index contributed by atoms with van der Waals surface area (Å²) in [4.78, 5) is 16.3. The van der Waals surface area contributed by atoms with Crippen molar-refractivity contribution in [2.75, 3.05) is 5.75 Å². The number of pyridine rings is 1. The lowest BCUT2D eigenvalue weighted by Gasteiger charge is -2.09. The number of hydrogen-bond donors (Lipinski definition) is 1. The van der Waals surface area contributed by atoms with Crippen LogP contribution in [-0.2, 0) is 18.4 Å². The van der Waals surface area contributed by atoms with Crippen LogP contribution in [0.2, 0.25) is 0 Å². The first kappa shape index (κ1) is 16.1. The summed E-state index contributed by atoms with van der Waals surface area (Å²) in [5, 5.41) is 7.80. The van der Waals surface area contributed by atoms with Crippen LogP contribution < -0.4 is 5.32 Å². The second kappa shape index (κ2) is 7.64. The van der Waals surface area contributed by atoms with E-state index < -0.39 is 0 Å². The summed E-state index contributed by atoms with van der Waals surface area (Å²) in [7, 11) is 1.89. The Morgan fingerprint density at radius 1 is 1.35 bits per heavy atom. The molecule has 0 radical (unpaired) electrons. The van der Waals surface area contributed by atoms with E-state index in [2.05, 4.69) is 15.4 Å². The Balaban J connectivity index is 1.45. The minimum Gasteiger partial charge on any atom is -0.351 e. The summed E-state index contributed by atoms with van der Waals surface area (Å²) in [6.07, 6.45) is 10.7. The van der Waals surface area contributed by atoms with Crippen molar-refractivity contribution >= 4 is 17.7 Å². The van der Waals surface area contributed by atoms with Crippen molar-refractivity contribution in [3.63, 3.8) is 0 Å². The predicted molar refractivity (Wildman–Crippen MR) is 93.0 cm³/mol. The van der Waals surface area contributed by atoms with Gasteiger partial charge in [-0.25, -0.2) is 0 Å². The molecule has 2 aromatic heterocycles. The molecular weight excluding hydrogens is 308 g/mol. The molecule has 1 amide bonds. The third-order valence-corrected chi connectivity index (χ3v) is 5.44. The third-order valence-electron chi connectivity index (χ3n) is 4.07. The standard InChI is InChI=1S/C17H22N4OS/c1-21-11-14(10-20-21)16-7-6-13(8-18-16)9-19-17(22)12-23-15-4-2-3-5-15/h6-8,10-11,15H,2-5,9,12H2,1H3,(H,19,22). The van der Waals surface area contributed by atoms with Crippen LogP contribution in [0.15, 0.2) is 30.7 Å². The van der Waals surface area contributed by atoms with E-state index in [9.17, 15) is 4.79 Å². The van der Waals surface area contributed by atoms with Crippen LogP contribution in [0.4, 0.5) is 0 Å². The zero-order chi connectivity index (χ0) is 16.1. The molecule has 6 heteroatoms. The molecule has 0 aliphatic heterocycles. The van der Waals surface area contributed by atoms with Gasteiger partial charge < -0.3 is 5.32 Å². The van der Waals surface area contributed by atoms with Crippen molar-refractivity contribution in [1.82, 2.24) is 20.1 Å². The van der Waals surface area contributed by atoms with E-state index in [0.29, 0.717) is 17.5 Å². The predicted octanol–water partition coefficient (Wildman–Crippen LogP) is 2.77. The van der Waals surface area contributed by atoms with E-state index in [4.69, 9.17) is 0 Å². The number of nitrogens with one attached hydrogen (secondary N) is 1. The molecule has 5 nitrogen and oxygen atoms in total. The van der Waals surface area contributed by atoms with Gasteiger partial charge in [0.1, 0.15) is 0 Å². The van der Waals surface area contributed by atoms with Crippen LogP contribution in [0.3, 0.4) is 0 Å². The lowest BCUT2D eigenvalue weighted by molar-refractivity contribution is -0.118. The average molecular weight is 330 g/mol. The van der Waals surface area contributed by atoms with Crippen LogP contribution in [0.5, 0.6) is 0 Å². The van der Waals surface area contributed by atoms with Crippen LogP contribution >= 0.6 is 11.8 Å². The fraction of sp³-hybridized carbons (Fsp3) is 0.471. The Kier molecular flexibility index (Phi) is 5.33. The van der Waals surface area contributed by atoms with E-state index in [1.54, 1.807) is 22.6 Å². The van der Waals surface area contributed by atoms with E-state index in [0.717, 1.165) is 16.8 Å². The van der Waals surface area contributed by atoms with E-state index in [1.165, 1.54) is 25.7 Å². The first-order valence-corrected chi connectivity index (χ1v) is 9.08. The molecule has 0 bridgehead atoms. The molecule has 1 aliphatic rings. The molecular formula is C17H22N4OS. The third kappa shape index (κ3) is 4.58. The first-order chi connectivity index (χ1) is 11.2. The van der Waals surface area contributed by atoms with Crippen molar-refractivity contribution in [1.29, 1.82) is 0 Å². The van der Waals surface area contributed by atoms with E-state index >= 15 is 0 Å². The number of hydrogen-bond acceptors (Lipinski definition) is 4. The molecule has 1 fully saturated rings. The van der Waals surface area contributed by atoms with Gasteiger partial charge >= 0.3 is 0 Å². The Labute approximate surface area is 140 Å². The highest BCUT2D eigenvalue weighted by atomic mass is 32.2. The van der Waals surface area contributed by atoms with Gasteiger partial charge in [-0.2, -0.15) is 5.10 Å². The summed E-state index contributed by atoms with van der Waals surface area (Å²) in [6.45, 7) is 0.532. The minimum atomic E-state index is 0.109. The normalized spacial score (nSPS) is 15.0. The Morgan fingerprint density at radius 3 is 2.83 bits per heavy atom. The van der Waals surface area contributed by atoms with Crippen LogP contribution in [-0.4, -0.2) is 31.7 Å². The lowest BCUT2D eigenvalue weighted by atomic mass is 10.2. The Bertz CT molecular complexity index is 647. The van der Waals surface area contributed by atoms with Crippen LogP contribution in [0, 0.1) is 0 Å². The van der Waals surface area contributed by atoms with Gasteiger partial charge in [0.2, 0.25) is 5.91 Å². The molecule has 1 saturated carbocycles. The van der Waals surface area contributed by atoms with Gasteiger partial charge in [-0.05, 0) is 24.5 Å². The van der Waals surface area contributed by atoms with Crippen molar-refractivity contribution in [2.24, 2.45) is 7.05 Å². The molecule has 0 unspecified atom stereocenters. The summed E-state index contributed by atoms with van der Waals surface area (Å²) in [6, 6.07) is 3.96. The maximum absolute atomic E-state index is 11.9. The highest BCUT2D eigenvalue weighted by molar-refractivity contribution is 8.00. The topological polar surface area (TPSA) is 59.8 Å². The zero-order valence-electron chi connectivity index (χ0n) is 13.4. The fourth-order valence-electron chi connectivity index (χ4n) is 2.75. The van der Waals surface area contributed by atoms with Gasteiger partial charge in [0.05, 0.1) is 17.6 Å². The second-order valence-corrected chi connectivity index (χ2v) is 7.24. The maximum atomic E-state index is 11.9. The molecule has 0 aromatic carbocycles. The highest BCUT2D eigenvalue weighted by Gasteiger charge is 2.16. The number of nitrogens with zero attached hydrogens (tertiary/aromatic N) is 3. The zero-order valence-corrected chi connectivity index (χ0v) is 14.2. The number of carbonyl (C=O) groups is 1. The summed E-state index contributed by atoms with van der Waals surface area (Å²) in [5.74, 6) is 0.671. The molecule has 2 aromatic rings. The molecule has 2 heterocycles. The maximum Gasteiger partial charge on any atom is 0.230 e. The number of carbonyl (C=O) groups excluding carboxylic acids is 1. The van der Waals surface area contributed by atoms with Gasteiger partial charge in [-0.3, -0.25) is 14.5 Å². The minimum absolute atomic E-state index is 0.109. The number of thioether (sulfide) groups is 1. The summed E-state index contributed by atoms with van der Waals surface area (Å²) >= 11 is 1.79. The molecule has 3 rings (SSSR count). The van der Waals surface area contributed by atoms with Crippen molar-refractivity contribution in [3.8, 4) is 11.3 Å². The van der Waals surface area contributed by atoms with Gasteiger partial charge in [-0.15, -0.1) is 11.8 Å². The van der Waals surface area contributed by atoms with E-state index in [-0.39, 0.29) is 5.91 Å². The van der Waals surface area contributed by atoms with Crippen molar-refractivity contribution < 1.29 is 4.79 Å². The summed E-state index contributed by atoms with van der Waals surface area (Å²) in [5.41, 5.74) is 2.90. The highest BCUT2D eigenvalue weighted by Crippen LogP contribution is 2.29. The number of aromatic nitrogens is 3. The average Bonchev–Trinajstić information content (AvgIpc) is 3.23. The van der Waals surface area contributed by atoms with Gasteiger partial charge in [0, 0.05) is 36.8 Å². The number of amides is 1. The molecule has 0 spiro atoms. The smallest absolute Gasteiger partial charge is 0.230 e. The van der Waals surface area contributed by atoms with Gasteiger partial charge in [0.15, 0.2) is 0 Å². The van der Waals surface area contributed by atoms with Crippen LogP contribution in [0.25, 0.3) is 11.3 Å². The molecule has 0 saturated heterocycles. The van der Waals surface area contributed by atoms with Crippen molar-refractivity contribution in [3.05, 3.63) is 36.3 Å². The van der Waals surface area contributed by atoms with Gasteiger partial charge in [-0.1, -0.05) is 18.9 Å². The molecule has 1 aliphatic carbocycles. The SMILES string of the molecule is Cn1cc(-c2ccc(CNC(=O)CSC3CCCC3)cn2)cn1. The summed E-state index contributed by atoms with van der Waals surface area (Å²) < 4.78 is 1.76. The molecule has 23 heavy (non-hydrogen) atoms. The lowest BCUT2D eigenvalue weighted by Crippen LogP contribution is -2.25. The monoisotopic (exact) mass is 330 g/mol. The van der Waals surface area contributed by atoms with Crippen molar-refractivity contribution in [2.45, 2.75) is 37.5 Å². The number of rotatable bonds is 6. The number of aryl methyl sites for hydroxylation is 1. The van der Waals surface area contributed by atoms with Gasteiger partial charge in [0.25, 0.3) is 0 Å². The Hall–Kier alpha value is -1.82. The second-order valence-electron chi connectivity index (χ2n) is 5.95. The Morgan fingerprint density at radius 2 is 2.17 bits per heavy atom. The van der Waals surface area contributed by atoms with E-state index in [1.807, 2.05) is 31.6 Å². The molecule has 122 valence electrons. The molecule has 1 N–H and O–H groups in total.